The van der Waals surface area contributed by atoms with Crippen LogP contribution in [0.4, 0.5) is 0 Å². The van der Waals surface area contributed by atoms with Gasteiger partial charge < -0.3 is 39.4 Å². The van der Waals surface area contributed by atoms with Gasteiger partial charge in [0.15, 0.2) is 0 Å². The number of hydroxylamine groups is 2. The summed E-state index contributed by atoms with van der Waals surface area (Å²) in [5.74, 6) is -1.05. The highest BCUT2D eigenvalue weighted by Crippen LogP contribution is 2.36. The maximum absolute atomic E-state index is 14.2. The zero-order valence-corrected chi connectivity index (χ0v) is 29.4. The Morgan fingerprint density at radius 1 is 0.830 bits per heavy atom. The Labute approximate surface area is 277 Å². The molecule has 3 atom stereocenters. The van der Waals surface area contributed by atoms with Gasteiger partial charge in [-0.15, -0.1) is 0 Å². The minimum Gasteiger partial charge on any atom is -0.497 e. The van der Waals surface area contributed by atoms with Gasteiger partial charge in [0.25, 0.3) is 5.91 Å². The van der Waals surface area contributed by atoms with Crippen LogP contribution in [0, 0.1) is 17.3 Å². The summed E-state index contributed by atoms with van der Waals surface area (Å²) in [6.45, 7) is 8.80. The van der Waals surface area contributed by atoms with E-state index in [2.05, 4.69) is 10.6 Å². The van der Waals surface area contributed by atoms with E-state index < -0.39 is 41.2 Å². The van der Waals surface area contributed by atoms with Crippen LogP contribution in [-0.2, 0) is 32.4 Å². The number of nitrogens with one attached hydrogen (secondary N) is 2. The lowest BCUT2D eigenvalue weighted by Gasteiger charge is -2.33. The standard InChI is InChI=1S/C34H51N3O10/c1-20(2)14-24(31(39)36-30(32(40)35-6)34(3,4)5)29(38)33(41)37(47-19-21-12-13-22(42-7)15-26(21)44-9)18-25-27(45-10)16-23(43-8)17-28(25)46-11/h12-13,15-17,20,24,29-30,38H,14,18-19H2,1-11H3,(H,35,40)(H,36,39)/t24-,29?,30-/m1/s1. The SMILES string of the molecule is CNC(=O)[C@@H](NC(=O)[C@H](CC(C)C)C(O)C(=O)N(Cc1c(OC)cc(OC)cc1OC)OCc1ccc(OC)cc1OC)C(C)(C)C. The van der Waals surface area contributed by atoms with Crippen LogP contribution < -0.4 is 34.3 Å². The second kappa shape index (κ2) is 17.6. The van der Waals surface area contributed by atoms with Crippen LogP contribution in [0.3, 0.4) is 0 Å². The summed E-state index contributed by atoms with van der Waals surface area (Å²) in [4.78, 5) is 46.7. The molecule has 0 bridgehead atoms. The Hall–Kier alpha value is -4.23. The first kappa shape index (κ1) is 39.0. The molecule has 0 saturated heterocycles. The van der Waals surface area contributed by atoms with Crippen molar-refractivity contribution in [3.8, 4) is 28.7 Å². The minimum atomic E-state index is -1.84. The van der Waals surface area contributed by atoms with Gasteiger partial charge in [0.1, 0.15) is 47.5 Å². The Kier molecular flexibility index (Phi) is 14.6. The number of aliphatic hydroxyl groups is 1. The van der Waals surface area contributed by atoms with Crippen LogP contribution in [0.5, 0.6) is 28.7 Å². The molecule has 47 heavy (non-hydrogen) atoms. The molecule has 2 aromatic rings. The van der Waals surface area contributed by atoms with Crippen LogP contribution in [0.2, 0.25) is 0 Å². The summed E-state index contributed by atoms with van der Waals surface area (Å²) in [6.07, 6.45) is -1.69. The number of hydrogen-bond acceptors (Lipinski definition) is 10. The van der Waals surface area contributed by atoms with E-state index in [1.54, 1.807) is 30.3 Å². The molecule has 0 aliphatic rings. The zero-order chi connectivity index (χ0) is 35.5. The van der Waals surface area contributed by atoms with Crippen molar-refractivity contribution in [1.82, 2.24) is 15.7 Å². The molecular weight excluding hydrogens is 610 g/mol. The minimum absolute atomic E-state index is 0.0824. The summed E-state index contributed by atoms with van der Waals surface area (Å²) >= 11 is 0. The van der Waals surface area contributed by atoms with E-state index in [1.807, 2.05) is 34.6 Å². The molecule has 262 valence electrons. The van der Waals surface area contributed by atoms with Gasteiger partial charge in [-0.3, -0.25) is 19.2 Å². The molecule has 0 saturated carbocycles. The first-order valence-corrected chi connectivity index (χ1v) is 15.3. The number of amides is 3. The first-order valence-electron chi connectivity index (χ1n) is 15.3. The Morgan fingerprint density at radius 2 is 1.38 bits per heavy atom. The third-order valence-electron chi connectivity index (χ3n) is 7.59. The Morgan fingerprint density at radius 3 is 1.85 bits per heavy atom. The number of carbonyl (C=O) groups is 3. The second-order valence-corrected chi connectivity index (χ2v) is 12.4. The fourth-order valence-electron chi connectivity index (χ4n) is 4.96. The number of benzene rings is 2. The van der Waals surface area contributed by atoms with Gasteiger partial charge in [-0.2, -0.15) is 0 Å². The lowest BCUT2D eigenvalue weighted by Crippen LogP contribution is -2.56. The molecule has 0 aliphatic heterocycles. The number of carbonyl (C=O) groups excluding carboxylic acids is 3. The summed E-state index contributed by atoms with van der Waals surface area (Å²) in [5.41, 5.74) is 0.362. The van der Waals surface area contributed by atoms with E-state index in [1.165, 1.54) is 42.6 Å². The summed E-state index contributed by atoms with van der Waals surface area (Å²) in [5, 5.41) is 17.9. The van der Waals surface area contributed by atoms with E-state index in [0.717, 1.165) is 5.06 Å². The van der Waals surface area contributed by atoms with Crippen molar-refractivity contribution in [2.45, 2.75) is 66.3 Å². The molecule has 3 amide bonds. The monoisotopic (exact) mass is 661 g/mol. The highest BCUT2D eigenvalue weighted by Gasteiger charge is 2.40. The van der Waals surface area contributed by atoms with Crippen LogP contribution in [-0.4, -0.2) is 82.6 Å². The van der Waals surface area contributed by atoms with Crippen molar-refractivity contribution in [2.24, 2.45) is 17.3 Å². The van der Waals surface area contributed by atoms with Gasteiger partial charge >= 0.3 is 0 Å². The van der Waals surface area contributed by atoms with Crippen molar-refractivity contribution >= 4 is 17.7 Å². The zero-order valence-electron chi connectivity index (χ0n) is 29.4. The average Bonchev–Trinajstić information content (AvgIpc) is 3.05. The third-order valence-corrected chi connectivity index (χ3v) is 7.59. The number of methoxy groups -OCH3 is 5. The molecule has 2 aromatic carbocycles. The molecular formula is C34H51N3O10. The molecule has 0 spiro atoms. The highest BCUT2D eigenvalue weighted by atomic mass is 16.7. The van der Waals surface area contributed by atoms with Crippen LogP contribution in [0.15, 0.2) is 30.3 Å². The van der Waals surface area contributed by atoms with Gasteiger partial charge in [-0.05, 0) is 29.9 Å². The Bertz CT molecular complexity index is 1330. The maximum atomic E-state index is 14.2. The summed E-state index contributed by atoms with van der Waals surface area (Å²) in [6, 6.07) is 7.47. The van der Waals surface area contributed by atoms with E-state index in [0.29, 0.717) is 39.9 Å². The number of rotatable bonds is 17. The third kappa shape index (κ3) is 10.4. The molecule has 0 radical (unpaired) electrons. The molecule has 3 N–H and O–H groups in total. The first-order chi connectivity index (χ1) is 22.1. The molecule has 2 rings (SSSR count). The number of hydrogen-bond donors (Lipinski definition) is 3. The van der Waals surface area contributed by atoms with Crippen LogP contribution in [0.1, 0.15) is 52.2 Å². The van der Waals surface area contributed by atoms with E-state index in [-0.39, 0.29) is 25.5 Å². The van der Waals surface area contributed by atoms with Crippen molar-refractivity contribution in [1.29, 1.82) is 0 Å². The molecule has 1 unspecified atom stereocenters. The topological polar surface area (TPSA) is 154 Å². The summed E-state index contributed by atoms with van der Waals surface area (Å²) < 4.78 is 27.3. The quantitative estimate of drug-likeness (QED) is 0.215. The van der Waals surface area contributed by atoms with Gasteiger partial charge in [-0.1, -0.05) is 34.6 Å². The van der Waals surface area contributed by atoms with Gasteiger partial charge in [0.05, 0.1) is 53.6 Å². The lowest BCUT2D eigenvalue weighted by atomic mass is 9.84. The van der Waals surface area contributed by atoms with Crippen molar-refractivity contribution in [3.05, 3.63) is 41.5 Å². The smallest absolute Gasteiger partial charge is 0.276 e. The lowest BCUT2D eigenvalue weighted by molar-refractivity contribution is -0.206. The summed E-state index contributed by atoms with van der Waals surface area (Å²) in [7, 11) is 8.93. The van der Waals surface area contributed by atoms with Gasteiger partial charge in [0, 0.05) is 30.8 Å². The maximum Gasteiger partial charge on any atom is 0.276 e. The normalized spacial score (nSPS) is 13.2. The number of likely N-dealkylation sites (N-methyl/N-ethyl adjacent to an activating group) is 1. The fourth-order valence-corrected chi connectivity index (χ4v) is 4.96. The van der Waals surface area contributed by atoms with Crippen molar-refractivity contribution in [3.63, 3.8) is 0 Å². The van der Waals surface area contributed by atoms with Gasteiger partial charge in [-0.25, -0.2) is 5.06 Å². The van der Waals surface area contributed by atoms with Crippen LogP contribution >= 0.6 is 0 Å². The Balaban J connectivity index is 2.58. The predicted molar refractivity (Wildman–Crippen MR) is 175 cm³/mol. The average molecular weight is 662 g/mol. The van der Waals surface area contributed by atoms with Crippen LogP contribution in [0.25, 0.3) is 0 Å². The number of aliphatic hydroxyl groups excluding tert-OH is 1. The molecule has 0 aliphatic carbocycles. The number of ether oxygens (including phenoxy) is 5. The number of nitrogens with zero attached hydrogens (tertiary/aromatic N) is 1. The molecule has 0 fully saturated rings. The molecule has 13 nitrogen and oxygen atoms in total. The molecule has 0 heterocycles. The van der Waals surface area contributed by atoms with Gasteiger partial charge in [0.2, 0.25) is 11.8 Å². The highest BCUT2D eigenvalue weighted by molar-refractivity contribution is 5.92. The molecule has 0 aromatic heterocycles. The van der Waals surface area contributed by atoms with E-state index in [4.69, 9.17) is 28.5 Å². The van der Waals surface area contributed by atoms with Crippen molar-refractivity contribution in [2.75, 3.05) is 42.6 Å². The van der Waals surface area contributed by atoms with Crippen molar-refractivity contribution < 1.29 is 48.0 Å². The second-order valence-electron chi connectivity index (χ2n) is 12.4. The fraction of sp³-hybridized carbons (Fsp3) is 0.559. The van der Waals surface area contributed by atoms with E-state index >= 15 is 0 Å². The molecule has 13 heteroatoms. The predicted octanol–water partition coefficient (Wildman–Crippen LogP) is 3.49. The van der Waals surface area contributed by atoms with E-state index in [9.17, 15) is 19.5 Å². The largest absolute Gasteiger partial charge is 0.497 e.